The van der Waals surface area contributed by atoms with Crippen LogP contribution >= 0.6 is 12.2 Å². The number of carbonyl (C=O) groups is 1. The Kier molecular flexibility index (Phi) is 8.13. The molecule has 1 amide bonds. The monoisotopic (exact) mass is 588 g/mol. The van der Waals surface area contributed by atoms with Gasteiger partial charge in [0.05, 0.1) is 18.9 Å². The van der Waals surface area contributed by atoms with Crippen molar-refractivity contribution in [1.29, 1.82) is 0 Å². The van der Waals surface area contributed by atoms with Crippen molar-refractivity contribution in [1.82, 2.24) is 29.7 Å². The van der Waals surface area contributed by atoms with Gasteiger partial charge in [0, 0.05) is 80.6 Å². The number of fused-ring (bicyclic) bond motifs is 1. The van der Waals surface area contributed by atoms with Crippen LogP contribution in [-0.2, 0) is 11.2 Å². The number of thiocarbonyl (C=S) groups is 1. The summed E-state index contributed by atoms with van der Waals surface area (Å²) in [4.78, 5) is 39.9. The molecule has 0 spiro atoms. The van der Waals surface area contributed by atoms with Gasteiger partial charge in [-0.15, -0.1) is 0 Å². The highest BCUT2D eigenvalue weighted by Gasteiger charge is 2.31. The number of benzene rings is 1. The van der Waals surface area contributed by atoms with Gasteiger partial charge in [0.15, 0.2) is 5.11 Å². The van der Waals surface area contributed by atoms with Crippen molar-refractivity contribution in [3.63, 3.8) is 0 Å². The van der Waals surface area contributed by atoms with Crippen molar-refractivity contribution >= 4 is 46.6 Å². The van der Waals surface area contributed by atoms with Crippen LogP contribution in [0.4, 0.5) is 23.4 Å². The molecule has 220 valence electrons. The molecule has 2 fully saturated rings. The van der Waals surface area contributed by atoms with Crippen LogP contribution in [0.1, 0.15) is 28.4 Å². The van der Waals surface area contributed by atoms with E-state index in [0.717, 1.165) is 73.0 Å². The number of nitrogens with zero attached hydrogens (tertiary/aromatic N) is 8. The SMILES string of the molecule is CCN1CCN(C(=O)c2ccc(NC(=S)N3CCc4c(-c5cnc(N)nc5)nc(N5CCOCC5)nc43)c(C)c2)CC1. The minimum atomic E-state index is 0.0722. The largest absolute Gasteiger partial charge is 0.378 e. The Balaban J connectivity index is 1.23. The van der Waals surface area contributed by atoms with Crippen LogP contribution in [0.2, 0.25) is 0 Å². The quantitative estimate of drug-likeness (QED) is 0.424. The smallest absolute Gasteiger partial charge is 0.253 e. The van der Waals surface area contributed by atoms with Gasteiger partial charge in [-0.2, -0.15) is 4.98 Å². The molecule has 3 aromatic rings. The number of rotatable bonds is 5. The lowest BCUT2D eigenvalue weighted by molar-refractivity contribution is 0.0643. The number of morpholine rings is 1. The number of aromatic nitrogens is 4. The third kappa shape index (κ3) is 5.72. The van der Waals surface area contributed by atoms with Gasteiger partial charge in [-0.1, -0.05) is 6.92 Å². The number of nitrogens with two attached hydrogens (primary N) is 1. The number of hydrogen-bond acceptors (Lipinski definition) is 10. The van der Waals surface area contributed by atoms with Crippen LogP contribution < -0.4 is 20.9 Å². The fourth-order valence-electron chi connectivity index (χ4n) is 5.61. The maximum atomic E-state index is 13.2. The van der Waals surface area contributed by atoms with Gasteiger partial charge >= 0.3 is 0 Å². The van der Waals surface area contributed by atoms with Crippen molar-refractivity contribution in [2.75, 3.05) is 86.4 Å². The molecule has 0 atom stereocenters. The highest BCUT2D eigenvalue weighted by molar-refractivity contribution is 7.80. The first kappa shape index (κ1) is 28.2. The van der Waals surface area contributed by atoms with Crippen LogP contribution in [0.5, 0.6) is 0 Å². The lowest BCUT2D eigenvalue weighted by atomic mass is 10.1. The summed E-state index contributed by atoms with van der Waals surface area (Å²) in [6.45, 7) is 11.8. The first-order chi connectivity index (χ1) is 20.4. The minimum Gasteiger partial charge on any atom is -0.378 e. The molecule has 5 heterocycles. The molecule has 6 rings (SSSR count). The summed E-state index contributed by atoms with van der Waals surface area (Å²) in [6, 6.07) is 5.75. The van der Waals surface area contributed by atoms with Gasteiger partial charge in [0.25, 0.3) is 5.91 Å². The number of nitrogen functional groups attached to an aromatic ring is 1. The number of piperazine rings is 1. The molecule has 2 aromatic heterocycles. The zero-order valence-electron chi connectivity index (χ0n) is 24.0. The lowest BCUT2D eigenvalue weighted by Crippen LogP contribution is -2.48. The first-order valence-electron chi connectivity index (χ1n) is 14.4. The second kappa shape index (κ2) is 12.1. The van der Waals surface area contributed by atoms with Gasteiger partial charge in [0.1, 0.15) is 5.82 Å². The molecule has 0 saturated carbocycles. The molecule has 0 aliphatic carbocycles. The molecule has 0 unspecified atom stereocenters. The third-order valence-corrected chi connectivity index (χ3v) is 8.44. The predicted octanol–water partition coefficient (Wildman–Crippen LogP) is 2.20. The molecule has 2 saturated heterocycles. The van der Waals surface area contributed by atoms with Gasteiger partial charge in [-0.25, -0.2) is 15.0 Å². The molecular formula is C29H36N10O2S. The molecule has 0 bridgehead atoms. The Morgan fingerprint density at radius 2 is 1.79 bits per heavy atom. The van der Waals surface area contributed by atoms with E-state index in [1.807, 2.05) is 34.9 Å². The van der Waals surface area contributed by atoms with E-state index in [2.05, 4.69) is 32.0 Å². The van der Waals surface area contributed by atoms with Crippen LogP contribution in [-0.4, -0.2) is 106 Å². The van der Waals surface area contributed by atoms with Crippen molar-refractivity contribution in [3.8, 4) is 11.3 Å². The summed E-state index contributed by atoms with van der Waals surface area (Å²) in [5.74, 6) is 1.68. The Labute approximate surface area is 250 Å². The number of amides is 1. The van der Waals surface area contributed by atoms with Crippen LogP contribution in [0.25, 0.3) is 11.3 Å². The highest BCUT2D eigenvalue weighted by atomic mass is 32.1. The summed E-state index contributed by atoms with van der Waals surface area (Å²) in [5.41, 5.74) is 10.8. The van der Waals surface area contributed by atoms with Gasteiger partial charge in [0.2, 0.25) is 11.9 Å². The van der Waals surface area contributed by atoms with Gasteiger partial charge in [-0.3, -0.25) is 4.79 Å². The van der Waals surface area contributed by atoms with E-state index in [9.17, 15) is 4.79 Å². The van der Waals surface area contributed by atoms with E-state index in [4.69, 9.17) is 32.7 Å². The van der Waals surface area contributed by atoms with Crippen molar-refractivity contribution < 1.29 is 9.53 Å². The molecule has 1 aromatic carbocycles. The molecule has 3 aliphatic heterocycles. The molecular weight excluding hydrogens is 552 g/mol. The maximum Gasteiger partial charge on any atom is 0.253 e. The number of carbonyl (C=O) groups excluding carboxylic acids is 1. The van der Waals surface area contributed by atoms with Crippen LogP contribution in [0, 0.1) is 6.92 Å². The summed E-state index contributed by atoms with van der Waals surface area (Å²) >= 11 is 5.92. The number of anilines is 4. The van der Waals surface area contributed by atoms with E-state index in [1.165, 1.54) is 0 Å². The molecule has 0 radical (unpaired) electrons. The van der Waals surface area contributed by atoms with Crippen molar-refractivity contribution in [2.45, 2.75) is 20.3 Å². The topological polar surface area (TPSA) is 129 Å². The fourth-order valence-corrected chi connectivity index (χ4v) is 5.90. The fraction of sp³-hybridized carbons (Fsp3) is 0.448. The van der Waals surface area contributed by atoms with Crippen LogP contribution in [0.3, 0.4) is 0 Å². The van der Waals surface area contributed by atoms with Crippen LogP contribution in [0.15, 0.2) is 30.6 Å². The van der Waals surface area contributed by atoms with Gasteiger partial charge in [-0.05, 0) is 55.9 Å². The van der Waals surface area contributed by atoms with E-state index < -0.39 is 0 Å². The highest BCUT2D eigenvalue weighted by Crippen LogP contribution is 2.36. The zero-order chi connectivity index (χ0) is 29.2. The van der Waals surface area contributed by atoms with E-state index in [1.54, 1.807) is 12.4 Å². The standard InChI is InChI=1S/C29H36N10O2S/c1-3-36-8-10-37(11-9-36)26(40)20-4-5-23(19(2)16-20)33-29(42)39-7-6-22-24(21-17-31-27(30)32-18-21)34-28(35-25(22)39)38-12-14-41-15-13-38/h4-5,16-18H,3,6-15H2,1-2H3,(H,33,42)(H2,30,31,32). The summed E-state index contributed by atoms with van der Waals surface area (Å²) in [5, 5.41) is 3.95. The number of hydrogen-bond donors (Lipinski definition) is 2. The lowest BCUT2D eigenvalue weighted by Gasteiger charge is -2.34. The number of likely N-dealkylation sites (N-methyl/N-ethyl adjacent to an activating group) is 1. The summed E-state index contributed by atoms with van der Waals surface area (Å²) < 4.78 is 5.55. The predicted molar refractivity (Wildman–Crippen MR) is 167 cm³/mol. The Morgan fingerprint density at radius 1 is 1.05 bits per heavy atom. The zero-order valence-corrected chi connectivity index (χ0v) is 24.9. The van der Waals surface area contributed by atoms with Crippen molar-refractivity contribution in [2.24, 2.45) is 0 Å². The van der Waals surface area contributed by atoms with E-state index in [-0.39, 0.29) is 11.9 Å². The molecule has 3 N–H and O–H groups in total. The Morgan fingerprint density at radius 3 is 2.48 bits per heavy atom. The second-order valence-electron chi connectivity index (χ2n) is 10.7. The second-order valence-corrected chi connectivity index (χ2v) is 11.1. The molecule has 13 heteroatoms. The summed E-state index contributed by atoms with van der Waals surface area (Å²) in [6.07, 6.45) is 4.12. The van der Waals surface area contributed by atoms with E-state index in [0.29, 0.717) is 49.5 Å². The third-order valence-electron chi connectivity index (χ3n) is 8.12. The number of ether oxygens (including phenoxy) is 1. The minimum absolute atomic E-state index is 0.0722. The average Bonchev–Trinajstić information content (AvgIpc) is 3.46. The Hall–Kier alpha value is -3.94. The number of aryl methyl sites for hydroxylation is 1. The number of nitrogens with one attached hydrogen (secondary N) is 1. The molecule has 42 heavy (non-hydrogen) atoms. The average molecular weight is 589 g/mol. The van der Waals surface area contributed by atoms with E-state index >= 15 is 0 Å². The molecule has 12 nitrogen and oxygen atoms in total. The Bertz CT molecular complexity index is 1470. The van der Waals surface area contributed by atoms with Gasteiger partial charge < -0.3 is 35.4 Å². The first-order valence-corrected chi connectivity index (χ1v) is 14.8. The molecule has 3 aliphatic rings. The van der Waals surface area contributed by atoms with Crippen molar-refractivity contribution in [3.05, 3.63) is 47.3 Å². The summed E-state index contributed by atoms with van der Waals surface area (Å²) in [7, 11) is 0. The maximum absolute atomic E-state index is 13.2. The normalized spacial score (nSPS) is 17.3.